The molecule has 0 fully saturated rings. The highest BCUT2D eigenvalue weighted by molar-refractivity contribution is 9.10. The van der Waals surface area contributed by atoms with Crippen molar-refractivity contribution in [2.75, 3.05) is 31.4 Å². The summed E-state index contributed by atoms with van der Waals surface area (Å²) in [6.07, 6.45) is 2.99. The number of amides is 1. The number of rotatable bonds is 10. The summed E-state index contributed by atoms with van der Waals surface area (Å²) in [5.74, 6) is 0.346. The molecule has 10 heteroatoms. The molecular formula is C21H29BrN4O5. The molecule has 0 spiro atoms. The summed E-state index contributed by atoms with van der Waals surface area (Å²) in [6, 6.07) is 3.12. The number of aromatic nitrogens is 2. The molecule has 0 saturated carbocycles. The van der Waals surface area contributed by atoms with Crippen LogP contribution in [0.25, 0.3) is 0 Å². The van der Waals surface area contributed by atoms with Crippen LogP contribution >= 0.6 is 15.9 Å². The van der Waals surface area contributed by atoms with E-state index < -0.39 is 17.2 Å². The van der Waals surface area contributed by atoms with E-state index in [0.717, 1.165) is 12.8 Å². The molecule has 1 aromatic heterocycles. The van der Waals surface area contributed by atoms with Gasteiger partial charge in [-0.2, -0.15) is 0 Å². The number of methoxy groups -OCH3 is 2. The normalized spacial score (nSPS) is 10.7. The molecule has 9 nitrogen and oxygen atoms in total. The van der Waals surface area contributed by atoms with E-state index in [1.165, 1.54) is 23.7 Å². The summed E-state index contributed by atoms with van der Waals surface area (Å²) in [6.45, 7) is 4.57. The van der Waals surface area contributed by atoms with Crippen molar-refractivity contribution in [2.24, 2.45) is 0 Å². The average Bonchev–Trinajstić information content (AvgIpc) is 2.75. The van der Waals surface area contributed by atoms with E-state index >= 15 is 0 Å². The number of nitrogens with two attached hydrogens (primary N) is 1. The Hall–Kier alpha value is -2.75. The van der Waals surface area contributed by atoms with E-state index in [4.69, 9.17) is 15.2 Å². The van der Waals surface area contributed by atoms with Crippen LogP contribution in [0, 0.1) is 0 Å². The number of H-pyrrole nitrogens is 1. The number of hydrogen-bond acceptors (Lipinski definition) is 6. The predicted molar refractivity (Wildman–Crippen MR) is 124 cm³/mol. The summed E-state index contributed by atoms with van der Waals surface area (Å²) < 4.78 is 12.5. The molecule has 2 aromatic rings. The number of benzene rings is 1. The Balaban J connectivity index is 2.66. The molecule has 170 valence electrons. The fourth-order valence-electron chi connectivity index (χ4n) is 3.16. The number of anilines is 2. The molecule has 0 aliphatic heterocycles. The van der Waals surface area contributed by atoms with Crippen LogP contribution in [0.1, 0.15) is 49.9 Å². The number of ether oxygens (including phenoxy) is 2. The number of nitrogen functional groups attached to an aromatic ring is 1. The zero-order valence-electron chi connectivity index (χ0n) is 18.3. The lowest BCUT2D eigenvalue weighted by atomic mass is 10.1. The third kappa shape index (κ3) is 5.30. The first-order valence-electron chi connectivity index (χ1n) is 10.2. The maximum absolute atomic E-state index is 13.5. The van der Waals surface area contributed by atoms with Crippen LogP contribution < -0.4 is 31.4 Å². The first kappa shape index (κ1) is 24.5. The Kier molecular flexibility index (Phi) is 8.73. The second-order valence-corrected chi connectivity index (χ2v) is 7.80. The number of aromatic amines is 1. The minimum atomic E-state index is -0.698. The van der Waals surface area contributed by atoms with Gasteiger partial charge in [-0.1, -0.05) is 26.7 Å². The van der Waals surface area contributed by atoms with Crippen molar-refractivity contribution in [3.8, 4) is 11.5 Å². The zero-order valence-corrected chi connectivity index (χ0v) is 19.9. The summed E-state index contributed by atoms with van der Waals surface area (Å²) in [5.41, 5.74) is 5.19. The minimum Gasteiger partial charge on any atom is -0.495 e. The average molecular weight is 497 g/mol. The van der Waals surface area contributed by atoms with Crippen molar-refractivity contribution < 1.29 is 14.3 Å². The lowest BCUT2D eigenvalue weighted by Gasteiger charge is -2.25. The molecule has 1 heterocycles. The highest BCUT2D eigenvalue weighted by Crippen LogP contribution is 2.36. The SMILES string of the molecule is CCCCN(C(=O)c1cc(OC)c(Br)c(OC)c1)c1c(N)n(CCCC)c(=O)[nH]c1=O. The molecule has 0 aliphatic rings. The Morgan fingerprint density at radius 1 is 1.13 bits per heavy atom. The number of carbonyl (C=O) groups excluding carboxylic acids is 1. The summed E-state index contributed by atoms with van der Waals surface area (Å²) >= 11 is 3.39. The molecule has 0 atom stereocenters. The number of unbranched alkanes of at least 4 members (excludes halogenated alkanes) is 2. The first-order chi connectivity index (χ1) is 14.8. The molecule has 1 aromatic carbocycles. The Labute approximate surface area is 189 Å². The van der Waals surface area contributed by atoms with Crippen molar-refractivity contribution in [2.45, 2.75) is 46.1 Å². The first-order valence-corrected chi connectivity index (χ1v) is 11.0. The zero-order chi connectivity index (χ0) is 23.1. The van der Waals surface area contributed by atoms with Crippen molar-refractivity contribution >= 4 is 33.3 Å². The Morgan fingerprint density at radius 2 is 1.71 bits per heavy atom. The van der Waals surface area contributed by atoms with Gasteiger partial charge in [-0.15, -0.1) is 0 Å². The molecule has 0 unspecified atom stereocenters. The number of carbonyl (C=O) groups is 1. The topological polar surface area (TPSA) is 120 Å². The molecule has 2 rings (SSSR count). The maximum atomic E-state index is 13.5. The Morgan fingerprint density at radius 3 is 2.23 bits per heavy atom. The standard InChI is InChI=1S/C21H29BrN4O5/c1-5-7-9-25(17-18(23)26(10-8-6-2)21(29)24-19(17)27)20(28)13-11-14(30-3)16(22)15(12-13)31-4/h11-12H,5-10,23H2,1-4H3,(H,24,27,29). The van der Waals surface area contributed by atoms with Crippen LogP contribution in [0.2, 0.25) is 0 Å². The van der Waals surface area contributed by atoms with E-state index in [9.17, 15) is 14.4 Å². The molecule has 0 aliphatic carbocycles. The van der Waals surface area contributed by atoms with Crippen LogP contribution in [0.4, 0.5) is 11.5 Å². The van der Waals surface area contributed by atoms with Gasteiger partial charge in [0.05, 0.1) is 14.2 Å². The van der Waals surface area contributed by atoms with Gasteiger partial charge in [-0.25, -0.2) is 4.79 Å². The molecule has 3 N–H and O–H groups in total. The number of hydrogen-bond donors (Lipinski definition) is 2. The lowest BCUT2D eigenvalue weighted by molar-refractivity contribution is 0.0985. The fourth-order valence-corrected chi connectivity index (χ4v) is 3.71. The summed E-state index contributed by atoms with van der Waals surface area (Å²) in [5, 5.41) is 0. The van der Waals surface area contributed by atoms with Gasteiger partial charge in [-0.05, 0) is 40.9 Å². The van der Waals surface area contributed by atoms with Gasteiger partial charge in [0.25, 0.3) is 11.5 Å². The van der Waals surface area contributed by atoms with Gasteiger partial charge in [-0.3, -0.25) is 19.1 Å². The van der Waals surface area contributed by atoms with Gasteiger partial charge >= 0.3 is 5.69 Å². The van der Waals surface area contributed by atoms with Crippen LogP contribution in [-0.4, -0.2) is 36.2 Å². The highest BCUT2D eigenvalue weighted by Gasteiger charge is 2.26. The van der Waals surface area contributed by atoms with Crippen LogP contribution in [0.15, 0.2) is 26.2 Å². The van der Waals surface area contributed by atoms with Crippen molar-refractivity contribution in [1.82, 2.24) is 9.55 Å². The second-order valence-electron chi connectivity index (χ2n) is 7.00. The molecule has 0 saturated heterocycles. The van der Waals surface area contributed by atoms with Gasteiger partial charge in [0.2, 0.25) is 0 Å². The lowest BCUT2D eigenvalue weighted by Crippen LogP contribution is -2.41. The van der Waals surface area contributed by atoms with Crippen LogP contribution in [0.5, 0.6) is 11.5 Å². The van der Waals surface area contributed by atoms with E-state index in [2.05, 4.69) is 20.9 Å². The predicted octanol–water partition coefficient (Wildman–Crippen LogP) is 3.15. The highest BCUT2D eigenvalue weighted by atomic mass is 79.9. The fraction of sp³-hybridized carbons (Fsp3) is 0.476. The van der Waals surface area contributed by atoms with E-state index in [0.29, 0.717) is 35.4 Å². The number of nitrogens with zero attached hydrogens (tertiary/aromatic N) is 2. The van der Waals surface area contributed by atoms with Gasteiger partial charge in [0, 0.05) is 18.7 Å². The third-order valence-electron chi connectivity index (χ3n) is 4.89. The minimum absolute atomic E-state index is 0.0253. The molecule has 0 bridgehead atoms. The monoisotopic (exact) mass is 496 g/mol. The maximum Gasteiger partial charge on any atom is 0.330 e. The van der Waals surface area contributed by atoms with Crippen LogP contribution in [-0.2, 0) is 6.54 Å². The summed E-state index contributed by atoms with van der Waals surface area (Å²) in [7, 11) is 2.96. The van der Waals surface area contributed by atoms with Gasteiger partial charge in [0.1, 0.15) is 21.8 Å². The van der Waals surface area contributed by atoms with Crippen molar-refractivity contribution in [1.29, 1.82) is 0 Å². The summed E-state index contributed by atoms with van der Waals surface area (Å²) in [4.78, 5) is 42.1. The van der Waals surface area contributed by atoms with Crippen molar-refractivity contribution in [3.05, 3.63) is 43.0 Å². The molecular weight excluding hydrogens is 468 g/mol. The Bertz CT molecular complexity index is 1020. The smallest absolute Gasteiger partial charge is 0.330 e. The third-order valence-corrected chi connectivity index (χ3v) is 5.67. The van der Waals surface area contributed by atoms with Crippen LogP contribution in [0.3, 0.4) is 0 Å². The number of nitrogens with one attached hydrogen (secondary N) is 1. The quantitative estimate of drug-likeness (QED) is 0.521. The largest absolute Gasteiger partial charge is 0.495 e. The van der Waals surface area contributed by atoms with E-state index in [1.807, 2.05) is 13.8 Å². The van der Waals surface area contributed by atoms with Gasteiger partial charge in [0.15, 0.2) is 5.69 Å². The van der Waals surface area contributed by atoms with E-state index in [1.54, 1.807) is 12.1 Å². The van der Waals surface area contributed by atoms with Gasteiger partial charge < -0.3 is 20.1 Å². The van der Waals surface area contributed by atoms with Crippen molar-refractivity contribution in [3.63, 3.8) is 0 Å². The van der Waals surface area contributed by atoms with E-state index in [-0.39, 0.29) is 23.6 Å². The molecule has 0 radical (unpaired) electrons. The molecule has 1 amide bonds. The molecule has 31 heavy (non-hydrogen) atoms. The second kappa shape index (κ2) is 11.0. The number of halogens is 1.